The molecule has 25 heavy (non-hydrogen) atoms. The van der Waals surface area contributed by atoms with Gasteiger partial charge in [0.15, 0.2) is 11.5 Å². The average molecular weight is 417 g/mol. The minimum absolute atomic E-state index is 0.125. The molecular weight excluding hydrogens is 408 g/mol. The molecule has 0 radical (unpaired) electrons. The number of hydrogen-bond donors (Lipinski definition) is 2. The van der Waals surface area contributed by atoms with E-state index in [-0.39, 0.29) is 16.4 Å². The maximum atomic E-state index is 11.5. The van der Waals surface area contributed by atoms with Crippen LogP contribution in [0.2, 0.25) is 0 Å². The van der Waals surface area contributed by atoms with Crippen molar-refractivity contribution in [2.75, 3.05) is 0 Å². The summed E-state index contributed by atoms with van der Waals surface area (Å²) in [5.41, 5.74) is 1.03. The van der Waals surface area contributed by atoms with Crippen molar-refractivity contribution in [2.45, 2.75) is 0 Å². The van der Waals surface area contributed by atoms with Gasteiger partial charge in [0.05, 0.1) is 21.0 Å². The van der Waals surface area contributed by atoms with Crippen molar-refractivity contribution in [3.63, 3.8) is 0 Å². The summed E-state index contributed by atoms with van der Waals surface area (Å²) in [5, 5.41) is 20.7. The summed E-state index contributed by atoms with van der Waals surface area (Å²) in [6.07, 6.45) is 1.51. The molecule has 0 unspecified atom stereocenters. The van der Waals surface area contributed by atoms with Gasteiger partial charge in [-0.3, -0.25) is 14.9 Å². The highest BCUT2D eigenvalue weighted by Crippen LogP contribution is 2.36. The molecule has 1 fully saturated rings. The number of imide groups is 1. The molecule has 1 heterocycles. The van der Waals surface area contributed by atoms with E-state index in [9.17, 15) is 14.7 Å². The van der Waals surface area contributed by atoms with E-state index in [0.717, 1.165) is 11.8 Å². The Hall–Kier alpha value is -2.76. The highest BCUT2D eigenvalue weighted by molar-refractivity contribution is 9.10. The van der Waals surface area contributed by atoms with Gasteiger partial charge in [0.25, 0.3) is 11.1 Å². The van der Waals surface area contributed by atoms with Crippen molar-refractivity contribution in [1.82, 2.24) is 5.32 Å². The van der Waals surface area contributed by atoms with Gasteiger partial charge in [-0.25, -0.2) is 0 Å². The predicted molar refractivity (Wildman–Crippen MR) is 96.1 cm³/mol. The van der Waals surface area contributed by atoms with Crippen LogP contribution in [0.15, 0.2) is 45.8 Å². The normalized spacial score (nSPS) is 15.1. The van der Waals surface area contributed by atoms with Gasteiger partial charge in [0, 0.05) is 0 Å². The molecule has 1 aliphatic rings. The highest BCUT2D eigenvalue weighted by Gasteiger charge is 2.25. The quantitative estimate of drug-likeness (QED) is 0.729. The molecule has 6 nitrogen and oxygen atoms in total. The lowest BCUT2D eigenvalue weighted by Gasteiger charge is -2.10. The standard InChI is InChI=1S/C17H9BrN2O4S/c18-11-5-10(8-19)2-3-13(11)24-14-4-1-9(6-12(14)21)7-15-16(22)20-17(23)25-15/h1-7,21H,(H,20,22,23)/b15-7-. The van der Waals surface area contributed by atoms with Crippen molar-refractivity contribution in [3.05, 3.63) is 56.9 Å². The summed E-state index contributed by atoms with van der Waals surface area (Å²) in [5.74, 6) is 0.0700. The number of phenols is 1. The predicted octanol–water partition coefficient (Wildman–Crippen LogP) is 4.14. The highest BCUT2D eigenvalue weighted by atomic mass is 79.9. The van der Waals surface area contributed by atoms with E-state index in [4.69, 9.17) is 10.00 Å². The number of carbonyl (C=O) groups excluding carboxylic acids is 2. The van der Waals surface area contributed by atoms with Crippen LogP contribution in [0.4, 0.5) is 4.79 Å². The van der Waals surface area contributed by atoms with E-state index in [1.54, 1.807) is 30.3 Å². The van der Waals surface area contributed by atoms with Crippen molar-refractivity contribution < 1.29 is 19.4 Å². The fourth-order valence-corrected chi connectivity index (χ4v) is 3.20. The Morgan fingerprint density at radius 1 is 1.20 bits per heavy atom. The number of nitrogens with zero attached hydrogens (tertiary/aromatic N) is 1. The van der Waals surface area contributed by atoms with E-state index < -0.39 is 11.1 Å². The van der Waals surface area contributed by atoms with Crippen LogP contribution in [0.3, 0.4) is 0 Å². The number of ether oxygens (including phenoxy) is 1. The third kappa shape index (κ3) is 3.84. The van der Waals surface area contributed by atoms with Crippen LogP contribution in [0.5, 0.6) is 17.2 Å². The summed E-state index contributed by atoms with van der Waals surface area (Å²) < 4.78 is 6.22. The minimum Gasteiger partial charge on any atom is -0.504 e. The lowest BCUT2D eigenvalue weighted by atomic mass is 10.2. The van der Waals surface area contributed by atoms with Crippen LogP contribution in [0.1, 0.15) is 11.1 Å². The molecule has 2 amide bonds. The Bertz CT molecular complexity index is 966. The summed E-state index contributed by atoms with van der Waals surface area (Å²) in [4.78, 5) is 22.9. The topological polar surface area (TPSA) is 99.4 Å². The van der Waals surface area contributed by atoms with E-state index in [1.165, 1.54) is 12.1 Å². The number of hydrogen-bond acceptors (Lipinski definition) is 6. The van der Waals surface area contributed by atoms with Gasteiger partial charge in [-0.05, 0) is 69.7 Å². The fraction of sp³-hybridized carbons (Fsp3) is 0. The first kappa shape index (κ1) is 17.1. The number of nitrogens with one attached hydrogen (secondary N) is 1. The first-order valence-electron chi connectivity index (χ1n) is 6.91. The molecule has 2 N–H and O–H groups in total. The fourth-order valence-electron chi connectivity index (χ4n) is 2.05. The van der Waals surface area contributed by atoms with E-state index in [0.29, 0.717) is 21.3 Å². The second-order valence-corrected chi connectivity index (χ2v) is 6.81. The van der Waals surface area contributed by atoms with Gasteiger partial charge >= 0.3 is 0 Å². The van der Waals surface area contributed by atoms with Crippen molar-refractivity contribution in [1.29, 1.82) is 5.26 Å². The molecule has 124 valence electrons. The molecule has 8 heteroatoms. The largest absolute Gasteiger partial charge is 0.504 e. The van der Waals surface area contributed by atoms with Gasteiger partial charge in [-0.2, -0.15) is 5.26 Å². The maximum Gasteiger partial charge on any atom is 0.290 e. The zero-order valence-corrected chi connectivity index (χ0v) is 14.8. The summed E-state index contributed by atoms with van der Waals surface area (Å²) in [6.45, 7) is 0. The summed E-state index contributed by atoms with van der Waals surface area (Å²) >= 11 is 4.11. The van der Waals surface area contributed by atoms with E-state index in [2.05, 4.69) is 21.2 Å². The Morgan fingerprint density at radius 2 is 1.96 bits per heavy atom. The van der Waals surface area contributed by atoms with Crippen LogP contribution < -0.4 is 10.1 Å². The molecule has 2 aromatic carbocycles. The SMILES string of the molecule is N#Cc1ccc(Oc2ccc(/C=C3\SC(=O)NC3=O)cc2O)c(Br)c1. The second kappa shape index (κ2) is 7.01. The molecule has 0 atom stereocenters. The van der Waals surface area contributed by atoms with Crippen LogP contribution in [-0.2, 0) is 4.79 Å². The number of aromatic hydroxyl groups is 1. The lowest BCUT2D eigenvalue weighted by molar-refractivity contribution is -0.115. The number of rotatable bonds is 3. The monoisotopic (exact) mass is 416 g/mol. The summed E-state index contributed by atoms with van der Waals surface area (Å²) in [7, 11) is 0. The molecule has 1 aliphatic heterocycles. The molecule has 0 saturated carbocycles. The zero-order valence-electron chi connectivity index (χ0n) is 12.4. The molecule has 3 rings (SSSR count). The molecule has 0 spiro atoms. The Balaban J connectivity index is 1.83. The van der Waals surface area contributed by atoms with Gasteiger partial charge in [0.2, 0.25) is 0 Å². The number of benzene rings is 2. The zero-order chi connectivity index (χ0) is 18.0. The Morgan fingerprint density at radius 3 is 2.56 bits per heavy atom. The molecule has 0 aromatic heterocycles. The molecular formula is C17H9BrN2O4S. The maximum absolute atomic E-state index is 11.5. The van der Waals surface area contributed by atoms with Crippen molar-refractivity contribution >= 4 is 44.9 Å². The lowest BCUT2D eigenvalue weighted by Crippen LogP contribution is -2.17. The van der Waals surface area contributed by atoms with E-state index in [1.807, 2.05) is 6.07 Å². The number of halogens is 1. The van der Waals surface area contributed by atoms with Gasteiger partial charge in [-0.15, -0.1) is 0 Å². The smallest absolute Gasteiger partial charge is 0.290 e. The number of nitriles is 1. The summed E-state index contributed by atoms with van der Waals surface area (Å²) in [6, 6.07) is 11.5. The van der Waals surface area contributed by atoms with Crippen LogP contribution >= 0.6 is 27.7 Å². The number of amides is 2. The van der Waals surface area contributed by atoms with Crippen molar-refractivity contribution in [2.24, 2.45) is 0 Å². The second-order valence-electron chi connectivity index (χ2n) is 4.94. The average Bonchev–Trinajstić information content (AvgIpc) is 2.89. The molecule has 2 aromatic rings. The number of thioether (sulfide) groups is 1. The minimum atomic E-state index is -0.462. The van der Waals surface area contributed by atoms with Gasteiger partial charge in [-0.1, -0.05) is 6.07 Å². The van der Waals surface area contributed by atoms with Crippen LogP contribution in [-0.4, -0.2) is 16.3 Å². The first-order valence-corrected chi connectivity index (χ1v) is 8.52. The molecule has 0 bridgehead atoms. The number of carbonyl (C=O) groups is 2. The Kier molecular flexibility index (Phi) is 4.79. The van der Waals surface area contributed by atoms with E-state index >= 15 is 0 Å². The Labute approximate surface area is 155 Å². The van der Waals surface area contributed by atoms with Gasteiger partial charge < -0.3 is 9.84 Å². The third-order valence-electron chi connectivity index (χ3n) is 3.20. The number of phenolic OH excluding ortho intramolecular Hbond substituents is 1. The third-order valence-corrected chi connectivity index (χ3v) is 4.63. The van der Waals surface area contributed by atoms with Gasteiger partial charge in [0.1, 0.15) is 5.75 Å². The van der Waals surface area contributed by atoms with Crippen LogP contribution in [0, 0.1) is 11.3 Å². The first-order chi connectivity index (χ1) is 12.0. The van der Waals surface area contributed by atoms with Crippen LogP contribution in [0.25, 0.3) is 6.08 Å². The van der Waals surface area contributed by atoms with Crippen molar-refractivity contribution in [3.8, 4) is 23.3 Å². The molecule has 1 saturated heterocycles. The molecule has 0 aliphatic carbocycles.